The highest BCUT2D eigenvalue weighted by atomic mass is 32.2. The second-order valence-electron chi connectivity index (χ2n) is 8.78. The van der Waals surface area contributed by atoms with Crippen LogP contribution in [0.4, 0.5) is 4.79 Å². The number of likely N-dealkylation sites (tertiary alicyclic amines) is 1. The van der Waals surface area contributed by atoms with Crippen LogP contribution in [0.25, 0.3) is 0 Å². The fourth-order valence-corrected chi connectivity index (χ4v) is 5.03. The Labute approximate surface area is 175 Å². The van der Waals surface area contributed by atoms with Gasteiger partial charge in [0.25, 0.3) is 0 Å². The number of carbonyl (C=O) groups excluding carboxylic acids is 1. The monoisotopic (exact) mass is 420 g/mol. The van der Waals surface area contributed by atoms with Crippen LogP contribution in [-0.4, -0.2) is 52.7 Å². The van der Waals surface area contributed by atoms with Gasteiger partial charge in [-0.15, -0.1) is 0 Å². The van der Waals surface area contributed by atoms with Crippen molar-refractivity contribution in [3.05, 3.63) is 18.3 Å². The van der Waals surface area contributed by atoms with Crippen molar-refractivity contribution in [1.29, 1.82) is 0 Å². The average Bonchev–Trinajstić information content (AvgIpc) is 3.47. The highest BCUT2D eigenvalue weighted by Gasteiger charge is 2.43. The van der Waals surface area contributed by atoms with Crippen molar-refractivity contribution in [2.75, 3.05) is 32.6 Å². The Morgan fingerprint density at radius 3 is 2.66 bits per heavy atom. The Balaban J connectivity index is 1.10. The Kier molecular flexibility index (Phi) is 6.73. The third-order valence-corrected chi connectivity index (χ3v) is 7.73. The lowest BCUT2D eigenvalue weighted by Crippen LogP contribution is -2.40. The first kappa shape index (κ1) is 20.6. The summed E-state index contributed by atoms with van der Waals surface area (Å²) >= 11 is 0. The summed E-state index contributed by atoms with van der Waals surface area (Å²) in [6.45, 7) is 2.96. The summed E-state index contributed by atoms with van der Waals surface area (Å²) in [4.78, 5) is 19.0. The smallest absolute Gasteiger partial charge is 0.409 e. The summed E-state index contributed by atoms with van der Waals surface area (Å²) in [7, 11) is -1.01. The molecule has 0 aromatic carbocycles. The first-order valence-electron chi connectivity index (χ1n) is 10.9. The zero-order valence-electron chi connectivity index (χ0n) is 17.3. The van der Waals surface area contributed by atoms with Gasteiger partial charge in [-0.25, -0.2) is 9.78 Å². The maximum absolute atomic E-state index is 12.2. The van der Waals surface area contributed by atoms with Crippen LogP contribution < -0.4 is 4.74 Å². The molecule has 4 rings (SSSR count). The molecule has 1 unspecified atom stereocenters. The molecule has 2 heterocycles. The van der Waals surface area contributed by atoms with Crippen molar-refractivity contribution >= 4 is 16.9 Å². The van der Waals surface area contributed by atoms with Crippen molar-refractivity contribution in [2.24, 2.45) is 23.7 Å². The van der Waals surface area contributed by atoms with Crippen LogP contribution in [0, 0.1) is 23.7 Å². The predicted octanol–water partition coefficient (Wildman–Crippen LogP) is 3.87. The van der Waals surface area contributed by atoms with Gasteiger partial charge in [0.15, 0.2) is 0 Å². The molecular formula is C22H32N2O4S. The van der Waals surface area contributed by atoms with Gasteiger partial charge in [0.2, 0.25) is 5.88 Å². The van der Waals surface area contributed by atoms with E-state index in [0.29, 0.717) is 25.0 Å². The number of nitrogens with zero attached hydrogens (tertiary/aromatic N) is 2. The number of pyridine rings is 1. The maximum atomic E-state index is 12.2. The van der Waals surface area contributed by atoms with Crippen LogP contribution in [0.2, 0.25) is 0 Å². The van der Waals surface area contributed by atoms with Crippen molar-refractivity contribution in [3.63, 3.8) is 0 Å². The first-order chi connectivity index (χ1) is 14.1. The lowest BCUT2D eigenvalue weighted by Gasteiger charge is -2.33. The molecule has 0 N–H and O–H groups in total. The fourth-order valence-electron chi connectivity index (χ4n) is 4.57. The standard InChI is InChI=1S/C22H32N2O4S/c1-29(26)19-5-6-21(23-14-19)27-12-9-18-13-20(18)17-7-10-24(11-8-17)22(25)28-15-16-3-2-4-16/h5-6,14,16-18,20H,2-4,7-13,15H2,1H3/t18-,20-,29?/m1/s1. The molecule has 3 aliphatic rings. The third kappa shape index (κ3) is 5.50. The predicted molar refractivity (Wildman–Crippen MR) is 111 cm³/mol. The first-order valence-corrected chi connectivity index (χ1v) is 12.5. The van der Waals surface area contributed by atoms with Crippen molar-refractivity contribution in [3.8, 4) is 5.88 Å². The Morgan fingerprint density at radius 1 is 1.24 bits per heavy atom. The van der Waals surface area contributed by atoms with Crippen molar-refractivity contribution in [2.45, 2.75) is 49.8 Å². The summed E-state index contributed by atoms with van der Waals surface area (Å²) in [5, 5.41) is 0. The van der Waals surface area contributed by atoms with E-state index in [9.17, 15) is 9.00 Å². The molecule has 3 atom stereocenters. The average molecular weight is 421 g/mol. The van der Waals surface area contributed by atoms with E-state index in [1.807, 2.05) is 11.0 Å². The van der Waals surface area contributed by atoms with E-state index in [1.165, 1.54) is 25.7 Å². The number of aromatic nitrogens is 1. The minimum Gasteiger partial charge on any atom is -0.478 e. The molecule has 7 heteroatoms. The SMILES string of the molecule is CS(=O)c1ccc(OCC[C@@H]2C[C@@H]2C2CCN(C(=O)OCC3CCC3)CC2)nc1. The molecule has 29 heavy (non-hydrogen) atoms. The molecule has 0 radical (unpaired) electrons. The molecule has 1 aromatic rings. The van der Waals surface area contributed by atoms with Crippen LogP contribution in [0.3, 0.4) is 0 Å². The number of ether oxygens (including phenoxy) is 2. The third-order valence-electron chi connectivity index (χ3n) is 6.83. The Hall–Kier alpha value is -1.63. The molecule has 6 nitrogen and oxygen atoms in total. The van der Waals surface area contributed by atoms with E-state index < -0.39 is 10.8 Å². The number of carbonyl (C=O) groups is 1. The maximum Gasteiger partial charge on any atom is 0.409 e. The van der Waals surface area contributed by atoms with E-state index in [0.717, 1.165) is 55.0 Å². The van der Waals surface area contributed by atoms with Gasteiger partial charge < -0.3 is 14.4 Å². The number of piperidine rings is 1. The van der Waals surface area contributed by atoms with Crippen molar-refractivity contribution < 1.29 is 18.5 Å². The number of hydrogen-bond donors (Lipinski definition) is 0. The van der Waals surface area contributed by atoms with Gasteiger partial charge in [-0.1, -0.05) is 6.42 Å². The van der Waals surface area contributed by atoms with Crippen LogP contribution >= 0.6 is 0 Å². The van der Waals surface area contributed by atoms with Crippen LogP contribution in [-0.2, 0) is 15.5 Å². The minimum atomic E-state index is -1.01. The Morgan fingerprint density at radius 2 is 2.03 bits per heavy atom. The molecular weight excluding hydrogens is 388 g/mol. The summed E-state index contributed by atoms with van der Waals surface area (Å²) in [5.74, 6) is 3.46. The lowest BCUT2D eigenvalue weighted by molar-refractivity contribution is 0.0602. The normalized spacial score (nSPS) is 25.9. The van der Waals surface area contributed by atoms with Gasteiger partial charge in [-0.05, 0) is 68.3 Å². The molecule has 1 saturated heterocycles. The van der Waals surface area contributed by atoms with Gasteiger partial charge >= 0.3 is 6.09 Å². The number of amides is 1. The molecule has 1 amide bonds. The fraction of sp³-hybridized carbons (Fsp3) is 0.727. The molecule has 0 bridgehead atoms. The largest absolute Gasteiger partial charge is 0.478 e. The summed E-state index contributed by atoms with van der Waals surface area (Å²) < 4.78 is 22.6. The van der Waals surface area contributed by atoms with Crippen LogP contribution in [0.5, 0.6) is 5.88 Å². The molecule has 1 aromatic heterocycles. The molecule has 2 saturated carbocycles. The second-order valence-corrected chi connectivity index (χ2v) is 10.2. The molecule has 0 spiro atoms. The minimum absolute atomic E-state index is 0.110. The van der Waals surface area contributed by atoms with E-state index in [2.05, 4.69) is 4.98 Å². The topological polar surface area (TPSA) is 68.7 Å². The molecule has 2 aliphatic carbocycles. The van der Waals surface area contributed by atoms with E-state index in [1.54, 1.807) is 18.5 Å². The summed E-state index contributed by atoms with van der Waals surface area (Å²) in [5.41, 5.74) is 0. The van der Waals surface area contributed by atoms with E-state index in [4.69, 9.17) is 9.47 Å². The van der Waals surface area contributed by atoms with Gasteiger partial charge in [0.1, 0.15) is 0 Å². The number of rotatable bonds is 8. The zero-order valence-corrected chi connectivity index (χ0v) is 18.1. The molecule has 3 fully saturated rings. The van der Waals surface area contributed by atoms with Gasteiger partial charge in [-0.3, -0.25) is 4.21 Å². The van der Waals surface area contributed by atoms with E-state index in [-0.39, 0.29) is 6.09 Å². The van der Waals surface area contributed by atoms with Crippen LogP contribution in [0.1, 0.15) is 44.9 Å². The Bertz CT molecular complexity index is 714. The van der Waals surface area contributed by atoms with Crippen molar-refractivity contribution in [1.82, 2.24) is 9.88 Å². The zero-order chi connectivity index (χ0) is 20.2. The van der Waals surface area contributed by atoms with E-state index >= 15 is 0 Å². The molecule has 1 aliphatic heterocycles. The summed E-state index contributed by atoms with van der Waals surface area (Å²) in [6.07, 6.45) is 11.4. The lowest BCUT2D eigenvalue weighted by atomic mass is 9.86. The summed E-state index contributed by atoms with van der Waals surface area (Å²) in [6, 6.07) is 3.60. The molecule has 160 valence electrons. The second kappa shape index (κ2) is 9.45. The van der Waals surface area contributed by atoms with Crippen LogP contribution in [0.15, 0.2) is 23.2 Å². The highest BCUT2D eigenvalue weighted by molar-refractivity contribution is 7.84. The highest BCUT2D eigenvalue weighted by Crippen LogP contribution is 2.49. The van der Waals surface area contributed by atoms with Gasteiger partial charge in [-0.2, -0.15) is 0 Å². The van der Waals surface area contributed by atoms with Gasteiger partial charge in [0, 0.05) is 31.6 Å². The quantitative estimate of drug-likeness (QED) is 0.638. The number of hydrogen-bond acceptors (Lipinski definition) is 5. The van der Waals surface area contributed by atoms with Gasteiger partial charge in [0.05, 0.1) is 28.9 Å².